The van der Waals surface area contributed by atoms with Crippen LogP contribution < -0.4 is 0 Å². The minimum absolute atomic E-state index is 0.0117. The summed E-state index contributed by atoms with van der Waals surface area (Å²) in [6.07, 6.45) is 4.54. The van der Waals surface area contributed by atoms with Gasteiger partial charge in [-0.25, -0.2) is 9.78 Å². The van der Waals surface area contributed by atoms with Crippen molar-refractivity contribution in [3.63, 3.8) is 0 Å². The smallest absolute Gasteiger partial charge is 0.410 e. The number of nitrogens with zero attached hydrogens (tertiary/aromatic N) is 3. The number of amides is 1. The Morgan fingerprint density at radius 2 is 2.17 bits per heavy atom. The molecule has 1 amide bonds. The Hall–Kier alpha value is -1.95. The van der Waals surface area contributed by atoms with E-state index in [-0.39, 0.29) is 12.1 Å². The summed E-state index contributed by atoms with van der Waals surface area (Å²) in [4.78, 5) is 23.5. The van der Waals surface area contributed by atoms with Gasteiger partial charge in [0.1, 0.15) is 10.6 Å². The topological polar surface area (TPSA) is 55.3 Å². The lowest BCUT2D eigenvalue weighted by atomic mass is 10.0. The van der Waals surface area contributed by atoms with Crippen molar-refractivity contribution < 1.29 is 9.53 Å². The van der Waals surface area contributed by atoms with Crippen LogP contribution in [0.5, 0.6) is 0 Å². The van der Waals surface area contributed by atoms with Crippen molar-refractivity contribution in [2.45, 2.75) is 51.7 Å². The fraction of sp³-hybridized carbons (Fsp3) is 0.500. The van der Waals surface area contributed by atoms with E-state index in [1.165, 1.54) is 0 Å². The summed E-state index contributed by atoms with van der Waals surface area (Å²) in [5, 5.41) is 2.93. The summed E-state index contributed by atoms with van der Waals surface area (Å²) in [5.74, 6) is 0. The van der Waals surface area contributed by atoms with Gasteiger partial charge in [-0.1, -0.05) is 6.07 Å². The number of likely N-dealkylation sites (tertiary alicyclic amines) is 1. The van der Waals surface area contributed by atoms with E-state index in [0.717, 1.165) is 42.2 Å². The summed E-state index contributed by atoms with van der Waals surface area (Å²) in [6.45, 7) is 6.40. The van der Waals surface area contributed by atoms with Crippen molar-refractivity contribution in [1.82, 2.24) is 14.9 Å². The molecule has 1 atom stereocenters. The van der Waals surface area contributed by atoms with Crippen molar-refractivity contribution in [2.24, 2.45) is 0 Å². The van der Waals surface area contributed by atoms with Gasteiger partial charge in [-0.3, -0.25) is 9.88 Å². The molecular weight excluding hydrogens is 322 g/mol. The average Bonchev–Trinajstić information content (AvgIpc) is 3.04. The molecule has 0 aliphatic carbocycles. The highest BCUT2D eigenvalue weighted by Gasteiger charge is 2.32. The zero-order valence-corrected chi connectivity index (χ0v) is 15.2. The van der Waals surface area contributed by atoms with Crippen LogP contribution in [0.1, 0.15) is 51.8 Å². The molecule has 1 saturated heterocycles. The molecule has 24 heavy (non-hydrogen) atoms. The SMILES string of the molecule is CC(C)(C)OC(=O)N1CCCCC1c1csc(-c2ccccn2)n1. The third-order valence-electron chi connectivity index (χ3n) is 3.88. The molecule has 0 aromatic carbocycles. The minimum atomic E-state index is -0.486. The lowest BCUT2D eigenvalue weighted by molar-refractivity contribution is 0.00908. The summed E-state index contributed by atoms with van der Waals surface area (Å²) in [6, 6.07) is 5.79. The van der Waals surface area contributed by atoms with E-state index in [2.05, 4.69) is 4.98 Å². The van der Waals surface area contributed by atoms with Crippen LogP contribution in [-0.2, 0) is 4.74 Å². The molecule has 3 heterocycles. The number of ether oxygens (including phenoxy) is 1. The van der Waals surface area contributed by atoms with Crippen LogP contribution >= 0.6 is 11.3 Å². The van der Waals surface area contributed by atoms with E-state index in [4.69, 9.17) is 9.72 Å². The summed E-state index contributed by atoms with van der Waals surface area (Å²) >= 11 is 1.57. The minimum Gasteiger partial charge on any atom is -0.444 e. The van der Waals surface area contributed by atoms with E-state index in [0.29, 0.717) is 0 Å². The van der Waals surface area contributed by atoms with Gasteiger partial charge in [0.15, 0.2) is 0 Å². The molecule has 0 saturated carbocycles. The van der Waals surface area contributed by atoms with Crippen LogP contribution in [-0.4, -0.2) is 33.1 Å². The second-order valence-corrected chi connectivity index (χ2v) is 7.84. The first kappa shape index (κ1) is 16.9. The second kappa shape index (κ2) is 6.89. The van der Waals surface area contributed by atoms with Gasteiger partial charge in [-0.05, 0) is 52.2 Å². The molecule has 0 N–H and O–H groups in total. The Balaban J connectivity index is 1.81. The highest BCUT2D eigenvalue weighted by molar-refractivity contribution is 7.13. The summed E-state index contributed by atoms with van der Waals surface area (Å²) in [7, 11) is 0. The zero-order valence-electron chi connectivity index (χ0n) is 14.4. The number of carbonyl (C=O) groups is 1. The molecule has 1 aliphatic rings. The van der Waals surface area contributed by atoms with Crippen LogP contribution in [0.4, 0.5) is 4.79 Å². The third-order valence-corrected chi connectivity index (χ3v) is 4.76. The molecule has 2 aromatic rings. The van der Waals surface area contributed by atoms with E-state index in [1.807, 2.05) is 49.3 Å². The van der Waals surface area contributed by atoms with Gasteiger partial charge in [0.05, 0.1) is 17.4 Å². The molecule has 1 fully saturated rings. The van der Waals surface area contributed by atoms with Gasteiger partial charge in [0.2, 0.25) is 0 Å². The van der Waals surface area contributed by atoms with Gasteiger partial charge < -0.3 is 4.74 Å². The monoisotopic (exact) mass is 345 g/mol. The molecule has 0 spiro atoms. The number of pyridine rings is 1. The van der Waals surface area contributed by atoms with Gasteiger partial charge >= 0.3 is 6.09 Å². The van der Waals surface area contributed by atoms with Gasteiger partial charge in [0.25, 0.3) is 0 Å². The Labute approximate surface area is 146 Å². The van der Waals surface area contributed by atoms with Crippen LogP contribution in [0.2, 0.25) is 0 Å². The fourth-order valence-corrected chi connectivity index (χ4v) is 3.67. The highest BCUT2D eigenvalue weighted by Crippen LogP contribution is 2.34. The maximum absolute atomic E-state index is 12.5. The normalized spacial score (nSPS) is 18.5. The number of thiazole rings is 1. The maximum Gasteiger partial charge on any atom is 0.410 e. The van der Waals surface area contributed by atoms with Crippen LogP contribution in [0.15, 0.2) is 29.8 Å². The summed E-state index contributed by atoms with van der Waals surface area (Å²) < 4.78 is 5.57. The molecule has 1 unspecified atom stereocenters. The van der Waals surface area contributed by atoms with Crippen molar-refractivity contribution in [3.05, 3.63) is 35.5 Å². The molecule has 3 rings (SSSR count). The molecular formula is C18H23N3O2S. The lowest BCUT2D eigenvalue weighted by Gasteiger charge is -2.35. The van der Waals surface area contributed by atoms with E-state index < -0.39 is 5.60 Å². The fourth-order valence-electron chi connectivity index (χ4n) is 2.82. The van der Waals surface area contributed by atoms with Gasteiger partial charge in [-0.15, -0.1) is 11.3 Å². The van der Waals surface area contributed by atoms with E-state index in [1.54, 1.807) is 17.5 Å². The molecule has 1 aliphatic heterocycles. The number of hydrogen-bond donors (Lipinski definition) is 0. The highest BCUT2D eigenvalue weighted by atomic mass is 32.1. The third kappa shape index (κ3) is 3.93. The Bertz CT molecular complexity index is 694. The number of carbonyl (C=O) groups excluding carboxylic acids is 1. The van der Waals surface area contributed by atoms with Crippen LogP contribution in [0.25, 0.3) is 10.7 Å². The molecule has 2 aromatic heterocycles. The standard InChI is InChI=1S/C18H23N3O2S/c1-18(2,3)23-17(22)21-11-7-5-9-15(21)14-12-24-16(20-14)13-8-4-6-10-19-13/h4,6,8,10,12,15H,5,7,9,11H2,1-3H3. The lowest BCUT2D eigenvalue weighted by Crippen LogP contribution is -2.42. The first-order valence-corrected chi connectivity index (χ1v) is 9.18. The first-order chi connectivity index (χ1) is 11.4. The van der Waals surface area contributed by atoms with Crippen LogP contribution in [0.3, 0.4) is 0 Å². The summed E-state index contributed by atoms with van der Waals surface area (Å²) in [5.41, 5.74) is 1.32. The first-order valence-electron chi connectivity index (χ1n) is 8.30. The Morgan fingerprint density at radius 3 is 2.88 bits per heavy atom. The number of piperidine rings is 1. The predicted octanol–water partition coefficient (Wildman–Crippen LogP) is 4.67. The van der Waals surface area contributed by atoms with E-state index in [9.17, 15) is 4.79 Å². The van der Waals surface area contributed by atoms with Crippen molar-refractivity contribution >= 4 is 17.4 Å². The molecule has 5 nitrogen and oxygen atoms in total. The van der Waals surface area contributed by atoms with Crippen molar-refractivity contribution in [2.75, 3.05) is 6.54 Å². The zero-order chi connectivity index (χ0) is 17.2. The maximum atomic E-state index is 12.5. The van der Waals surface area contributed by atoms with E-state index >= 15 is 0 Å². The molecule has 0 radical (unpaired) electrons. The van der Waals surface area contributed by atoms with Crippen molar-refractivity contribution in [3.8, 4) is 10.7 Å². The Morgan fingerprint density at radius 1 is 1.33 bits per heavy atom. The van der Waals surface area contributed by atoms with Crippen molar-refractivity contribution in [1.29, 1.82) is 0 Å². The van der Waals surface area contributed by atoms with Gasteiger partial charge in [0, 0.05) is 18.1 Å². The second-order valence-electron chi connectivity index (χ2n) is 6.98. The predicted molar refractivity (Wildman–Crippen MR) is 94.9 cm³/mol. The molecule has 128 valence electrons. The molecule has 6 heteroatoms. The number of aromatic nitrogens is 2. The largest absolute Gasteiger partial charge is 0.444 e. The van der Waals surface area contributed by atoms with Gasteiger partial charge in [-0.2, -0.15) is 0 Å². The number of rotatable bonds is 2. The molecule has 0 bridgehead atoms. The average molecular weight is 345 g/mol. The quantitative estimate of drug-likeness (QED) is 0.794. The Kier molecular flexibility index (Phi) is 4.85. The van der Waals surface area contributed by atoms with Crippen LogP contribution in [0, 0.1) is 0 Å². The number of hydrogen-bond acceptors (Lipinski definition) is 5.